The van der Waals surface area contributed by atoms with Crippen LogP contribution in [0.3, 0.4) is 0 Å². The van der Waals surface area contributed by atoms with E-state index in [-0.39, 0.29) is 17.6 Å². The molecule has 1 aliphatic rings. The highest BCUT2D eigenvalue weighted by Crippen LogP contribution is 2.13. The quantitative estimate of drug-likeness (QED) is 0.580. The van der Waals surface area contributed by atoms with E-state index >= 15 is 0 Å². The molecule has 0 radical (unpaired) electrons. The number of amides is 1. The van der Waals surface area contributed by atoms with E-state index in [2.05, 4.69) is 10.6 Å². The lowest BCUT2D eigenvalue weighted by atomic mass is 10.0. The summed E-state index contributed by atoms with van der Waals surface area (Å²) in [5.41, 5.74) is 0.972. The fourth-order valence-electron chi connectivity index (χ4n) is 1.80. The number of non-ortho nitro benzene ring substituents is 1. The number of nitro benzene ring substituents is 1. The van der Waals surface area contributed by atoms with Crippen LogP contribution in [0, 0.1) is 10.1 Å². The molecule has 0 bridgehead atoms. The molecule has 2 N–H and O–H groups in total. The Balaban J connectivity index is 2.03. The maximum absolute atomic E-state index is 11.5. The zero-order chi connectivity index (χ0) is 12.3. The van der Waals surface area contributed by atoms with Gasteiger partial charge < -0.3 is 10.6 Å². The number of nitrogens with zero attached hydrogens (tertiary/aromatic N) is 1. The van der Waals surface area contributed by atoms with Crippen molar-refractivity contribution in [3.63, 3.8) is 0 Å². The van der Waals surface area contributed by atoms with Crippen molar-refractivity contribution in [3.8, 4) is 0 Å². The second-order valence-corrected chi connectivity index (χ2v) is 3.93. The van der Waals surface area contributed by atoms with Crippen LogP contribution in [-0.4, -0.2) is 30.0 Å². The largest absolute Gasteiger partial charge is 0.353 e. The van der Waals surface area contributed by atoms with E-state index in [1.54, 1.807) is 12.1 Å². The predicted molar refractivity (Wildman–Crippen MR) is 61.6 cm³/mol. The molecule has 1 atom stereocenters. The third-order valence-electron chi connectivity index (χ3n) is 2.72. The fraction of sp³-hybridized carbons (Fsp3) is 0.364. The first kappa shape index (κ1) is 11.5. The number of rotatable bonds is 3. The van der Waals surface area contributed by atoms with E-state index in [1.807, 2.05) is 0 Å². The van der Waals surface area contributed by atoms with Gasteiger partial charge in [0.25, 0.3) is 5.69 Å². The van der Waals surface area contributed by atoms with Crippen molar-refractivity contribution >= 4 is 11.6 Å². The number of nitro groups is 1. The molecule has 1 aromatic carbocycles. The summed E-state index contributed by atoms with van der Waals surface area (Å²) >= 11 is 0. The highest BCUT2D eigenvalue weighted by atomic mass is 16.6. The van der Waals surface area contributed by atoms with Gasteiger partial charge in [-0.3, -0.25) is 14.9 Å². The number of piperazine rings is 1. The van der Waals surface area contributed by atoms with Crippen molar-refractivity contribution in [2.75, 3.05) is 13.1 Å². The first-order valence-corrected chi connectivity index (χ1v) is 5.41. The topological polar surface area (TPSA) is 84.3 Å². The molecule has 1 fully saturated rings. The van der Waals surface area contributed by atoms with Gasteiger partial charge in [-0.1, -0.05) is 12.1 Å². The molecule has 1 saturated heterocycles. The van der Waals surface area contributed by atoms with Crippen LogP contribution in [-0.2, 0) is 11.2 Å². The van der Waals surface area contributed by atoms with Crippen LogP contribution < -0.4 is 10.6 Å². The number of benzene rings is 1. The van der Waals surface area contributed by atoms with Gasteiger partial charge >= 0.3 is 0 Å². The van der Waals surface area contributed by atoms with E-state index < -0.39 is 4.92 Å². The van der Waals surface area contributed by atoms with Crippen LogP contribution >= 0.6 is 0 Å². The van der Waals surface area contributed by atoms with Gasteiger partial charge in [0.1, 0.15) is 0 Å². The molecule has 1 amide bonds. The molecule has 1 aromatic rings. The average molecular weight is 235 g/mol. The van der Waals surface area contributed by atoms with E-state index in [0.29, 0.717) is 13.0 Å². The summed E-state index contributed by atoms with van der Waals surface area (Å²) in [6, 6.07) is 6.03. The van der Waals surface area contributed by atoms with E-state index in [1.165, 1.54) is 12.1 Å². The average Bonchev–Trinajstić information content (AvgIpc) is 2.33. The minimum absolute atomic E-state index is 0.0189. The lowest BCUT2D eigenvalue weighted by Crippen LogP contribution is -2.53. The molecule has 90 valence electrons. The molecule has 0 aliphatic carbocycles. The van der Waals surface area contributed by atoms with Gasteiger partial charge in [-0.15, -0.1) is 0 Å². The second-order valence-electron chi connectivity index (χ2n) is 3.93. The number of hydrogen-bond acceptors (Lipinski definition) is 4. The third kappa shape index (κ3) is 2.79. The monoisotopic (exact) mass is 235 g/mol. The smallest absolute Gasteiger partial charge is 0.269 e. The van der Waals surface area contributed by atoms with Gasteiger partial charge in [0.2, 0.25) is 5.91 Å². The minimum Gasteiger partial charge on any atom is -0.353 e. The van der Waals surface area contributed by atoms with Gasteiger partial charge in [0.05, 0.1) is 11.0 Å². The Hall–Kier alpha value is -1.95. The highest BCUT2D eigenvalue weighted by molar-refractivity contribution is 5.82. The van der Waals surface area contributed by atoms with Crippen LogP contribution in [0.1, 0.15) is 5.56 Å². The van der Waals surface area contributed by atoms with Crippen LogP contribution in [0.4, 0.5) is 5.69 Å². The predicted octanol–water partition coefficient (Wildman–Crippen LogP) is 0.225. The number of nitrogens with one attached hydrogen (secondary N) is 2. The molecular weight excluding hydrogens is 222 g/mol. The summed E-state index contributed by atoms with van der Waals surface area (Å²) in [5.74, 6) is -0.0189. The Morgan fingerprint density at radius 2 is 2.00 bits per heavy atom. The summed E-state index contributed by atoms with van der Waals surface area (Å²) in [6.07, 6.45) is 0.545. The molecular formula is C11H13N3O3. The van der Waals surface area contributed by atoms with Crippen molar-refractivity contribution in [2.24, 2.45) is 0 Å². The normalized spacial score (nSPS) is 19.8. The molecule has 0 spiro atoms. The van der Waals surface area contributed by atoms with Crippen molar-refractivity contribution in [1.82, 2.24) is 10.6 Å². The molecule has 2 rings (SSSR count). The van der Waals surface area contributed by atoms with E-state index in [4.69, 9.17) is 0 Å². The summed E-state index contributed by atoms with van der Waals surface area (Å²) in [4.78, 5) is 21.5. The van der Waals surface area contributed by atoms with Gasteiger partial charge in [0.15, 0.2) is 0 Å². The molecule has 1 heterocycles. The molecule has 6 nitrogen and oxygen atoms in total. The number of carbonyl (C=O) groups excluding carboxylic acids is 1. The van der Waals surface area contributed by atoms with E-state index in [0.717, 1.165) is 12.1 Å². The standard InChI is InChI=1S/C11H13N3O3/c15-11-10(12-5-6-13-11)7-8-1-3-9(4-2-8)14(16)17/h1-4,10,12H,5-7H2,(H,13,15). The lowest BCUT2D eigenvalue weighted by molar-refractivity contribution is -0.384. The molecule has 17 heavy (non-hydrogen) atoms. The Morgan fingerprint density at radius 3 is 2.59 bits per heavy atom. The lowest BCUT2D eigenvalue weighted by Gasteiger charge is -2.23. The van der Waals surface area contributed by atoms with Crippen LogP contribution in [0.25, 0.3) is 0 Å². The highest BCUT2D eigenvalue weighted by Gasteiger charge is 2.21. The molecule has 0 aromatic heterocycles. The van der Waals surface area contributed by atoms with Crippen molar-refractivity contribution in [2.45, 2.75) is 12.5 Å². The van der Waals surface area contributed by atoms with Gasteiger partial charge in [0, 0.05) is 25.2 Å². The molecule has 1 unspecified atom stereocenters. The maximum Gasteiger partial charge on any atom is 0.269 e. The first-order valence-electron chi connectivity index (χ1n) is 5.41. The molecule has 1 aliphatic heterocycles. The molecule has 6 heteroatoms. The summed E-state index contributed by atoms with van der Waals surface area (Å²) < 4.78 is 0. The Morgan fingerprint density at radius 1 is 1.29 bits per heavy atom. The Kier molecular flexibility index (Phi) is 3.34. The van der Waals surface area contributed by atoms with Crippen LogP contribution in [0.2, 0.25) is 0 Å². The number of carbonyl (C=O) groups is 1. The van der Waals surface area contributed by atoms with Crippen molar-refractivity contribution in [1.29, 1.82) is 0 Å². The maximum atomic E-state index is 11.5. The van der Waals surface area contributed by atoms with Crippen molar-refractivity contribution < 1.29 is 9.72 Å². The second kappa shape index (κ2) is 4.92. The van der Waals surface area contributed by atoms with Crippen LogP contribution in [0.15, 0.2) is 24.3 Å². The Labute approximate surface area is 98.2 Å². The summed E-state index contributed by atoms with van der Waals surface area (Å²) in [7, 11) is 0. The number of hydrogen-bond donors (Lipinski definition) is 2. The zero-order valence-electron chi connectivity index (χ0n) is 9.18. The van der Waals surface area contributed by atoms with Crippen molar-refractivity contribution in [3.05, 3.63) is 39.9 Å². The SMILES string of the molecule is O=C1NCCNC1Cc1ccc([N+](=O)[O-])cc1. The first-order chi connectivity index (χ1) is 8.16. The fourth-order valence-corrected chi connectivity index (χ4v) is 1.80. The minimum atomic E-state index is -0.435. The van der Waals surface area contributed by atoms with Crippen LogP contribution in [0.5, 0.6) is 0 Å². The van der Waals surface area contributed by atoms with Gasteiger partial charge in [-0.2, -0.15) is 0 Å². The third-order valence-corrected chi connectivity index (χ3v) is 2.72. The van der Waals surface area contributed by atoms with Gasteiger partial charge in [-0.25, -0.2) is 0 Å². The summed E-state index contributed by atoms with van der Waals surface area (Å²) in [5, 5.41) is 16.4. The zero-order valence-corrected chi connectivity index (χ0v) is 9.18. The Bertz CT molecular complexity index is 430. The summed E-state index contributed by atoms with van der Waals surface area (Å²) in [6.45, 7) is 1.40. The van der Waals surface area contributed by atoms with E-state index in [9.17, 15) is 14.9 Å². The molecule has 0 saturated carbocycles. The van der Waals surface area contributed by atoms with Gasteiger partial charge in [-0.05, 0) is 12.0 Å².